The van der Waals surface area contributed by atoms with E-state index in [4.69, 9.17) is 4.74 Å². The first-order chi connectivity index (χ1) is 9.79. The van der Waals surface area contributed by atoms with E-state index < -0.39 is 0 Å². The van der Waals surface area contributed by atoms with Crippen molar-refractivity contribution < 1.29 is 4.74 Å². The summed E-state index contributed by atoms with van der Waals surface area (Å²) in [5.41, 5.74) is 2.54. The van der Waals surface area contributed by atoms with Crippen LogP contribution in [0.2, 0.25) is 0 Å². The summed E-state index contributed by atoms with van der Waals surface area (Å²) in [6, 6.07) is 6.47. The fourth-order valence-corrected chi connectivity index (χ4v) is 2.64. The zero-order valence-electron chi connectivity index (χ0n) is 11.8. The summed E-state index contributed by atoms with van der Waals surface area (Å²) in [7, 11) is 1.71. The Morgan fingerprint density at radius 3 is 2.95 bits per heavy atom. The molecule has 1 N–H and O–H groups in total. The average molecular weight is 289 g/mol. The molecule has 106 valence electrons. The smallest absolute Gasteiger partial charge is 0.119 e. The van der Waals surface area contributed by atoms with Crippen LogP contribution in [0.1, 0.15) is 11.1 Å². The second-order valence-corrected chi connectivity index (χ2v) is 5.49. The molecule has 0 radical (unpaired) electrons. The van der Waals surface area contributed by atoms with Crippen LogP contribution in [0, 0.1) is 6.92 Å². The minimum Gasteiger partial charge on any atom is -0.383 e. The quantitative estimate of drug-likeness (QED) is 0.794. The molecule has 0 aliphatic rings. The lowest BCUT2D eigenvalue weighted by Crippen LogP contribution is -2.19. The molecule has 20 heavy (non-hydrogen) atoms. The van der Waals surface area contributed by atoms with Gasteiger partial charge in [0.1, 0.15) is 5.03 Å². The summed E-state index contributed by atoms with van der Waals surface area (Å²) in [6.45, 7) is 4.50. The van der Waals surface area contributed by atoms with Gasteiger partial charge in [-0.2, -0.15) is 0 Å². The van der Waals surface area contributed by atoms with Gasteiger partial charge in [-0.05, 0) is 18.6 Å². The summed E-state index contributed by atoms with van der Waals surface area (Å²) in [5.74, 6) is 0. The highest BCUT2D eigenvalue weighted by Gasteiger charge is 2.06. The van der Waals surface area contributed by atoms with Gasteiger partial charge in [-0.25, -0.2) is 4.98 Å². The van der Waals surface area contributed by atoms with Crippen molar-refractivity contribution in [2.45, 2.75) is 23.4 Å². The second kappa shape index (κ2) is 7.99. The third kappa shape index (κ3) is 4.59. The fourth-order valence-electron chi connectivity index (χ4n) is 1.79. The topological polar surface area (TPSA) is 47.0 Å². The van der Waals surface area contributed by atoms with Gasteiger partial charge >= 0.3 is 0 Å². The van der Waals surface area contributed by atoms with E-state index in [1.165, 1.54) is 16.0 Å². The monoisotopic (exact) mass is 289 g/mol. The first kappa shape index (κ1) is 15.0. The maximum atomic E-state index is 5.04. The SMILES string of the molecule is COCCNCc1cc(C)ccc1Sc1cnccn1. The number of aromatic nitrogens is 2. The van der Waals surface area contributed by atoms with Crippen LogP contribution < -0.4 is 5.32 Å². The molecule has 0 atom stereocenters. The molecule has 0 unspecified atom stereocenters. The zero-order chi connectivity index (χ0) is 14.2. The van der Waals surface area contributed by atoms with E-state index in [0.717, 1.165) is 24.7 Å². The van der Waals surface area contributed by atoms with Gasteiger partial charge in [0.05, 0.1) is 12.8 Å². The van der Waals surface area contributed by atoms with E-state index >= 15 is 0 Å². The lowest BCUT2D eigenvalue weighted by atomic mass is 10.1. The van der Waals surface area contributed by atoms with Crippen molar-refractivity contribution >= 4 is 11.8 Å². The molecule has 1 aromatic carbocycles. The molecule has 0 aliphatic heterocycles. The van der Waals surface area contributed by atoms with Gasteiger partial charge < -0.3 is 10.1 Å². The van der Waals surface area contributed by atoms with E-state index in [0.29, 0.717) is 0 Å². The molecule has 0 saturated heterocycles. The number of rotatable bonds is 7. The lowest BCUT2D eigenvalue weighted by molar-refractivity contribution is 0.199. The second-order valence-electron chi connectivity index (χ2n) is 4.43. The number of hydrogen-bond acceptors (Lipinski definition) is 5. The molecule has 0 spiro atoms. The molecule has 2 rings (SSSR count). The summed E-state index contributed by atoms with van der Waals surface area (Å²) in [4.78, 5) is 9.62. The maximum Gasteiger partial charge on any atom is 0.119 e. The predicted molar refractivity (Wildman–Crippen MR) is 80.9 cm³/mol. The van der Waals surface area contributed by atoms with Crippen molar-refractivity contribution in [1.29, 1.82) is 0 Å². The van der Waals surface area contributed by atoms with Crippen LogP contribution in [0.4, 0.5) is 0 Å². The Morgan fingerprint density at radius 1 is 1.30 bits per heavy atom. The Kier molecular flexibility index (Phi) is 5.98. The van der Waals surface area contributed by atoms with Crippen molar-refractivity contribution in [2.75, 3.05) is 20.3 Å². The van der Waals surface area contributed by atoms with E-state index in [1.54, 1.807) is 37.5 Å². The Hall–Kier alpha value is -1.43. The summed E-state index contributed by atoms with van der Waals surface area (Å²) < 4.78 is 5.04. The molecule has 1 aromatic heterocycles. The number of nitrogens with zero attached hydrogens (tertiary/aromatic N) is 2. The van der Waals surface area contributed by atoms with Crippen LogP contribution >= 0.6 is 11.8 Å². The van der Waals surface area contributed by atoms with Crippen LogP contribution in [0.5, 0.6) is 0 Å². The van der Waals surface area contributed by atoms with Crippen molar-refractivity contribution in [3.63, 3.8) is 0 Å². The molecule has 0 amide bonds. The molecular weight excluding hydrogens is 270 g/mol. The number of ether oxygens (including phenoxy) is 1. The number of aryl methyl sites for hydroxylation is 1. The van der Waals surface area contributed by atoms with Gasteiger partial charge in [0, 0.05) is 37.5 Å². The number of methoxy groups -OCH3 is 1. The van der Waals surface area contributed by atoms with Crippen molar-refractivity contribution in [3.8, 4) is 0 Å². The van der Waals surface area contributed by atoms with E-state index in [1.807, 2.05) is 0 Å². The molecule has 0 fully saturated rings. The highest BCUT2D eigenvalue weighted by molar-refractivity contribution is 7.99. The van der Waals surface area contributed by atoms with Crippen molar-refractivity contribution in [3.05, 3.63) is 47.9 Å². The molecule has 4 nitrogen and oxygen atoms in total. The van der Waals surface area contributed by atoms with Gasteiger partial charge in [-0.3, -0.25) is 4.98 Å². The van der Waals surface area contributed by atoms with Crippen LogP contribution in [0.15, 0.2) is 46.7 Å². The minimum absolute atomic E-state index is 0.721. The van der Waals surface area contributed by atoms with Gasteiger partial charge in [-0.15, -0.1) is 0 Å². The third-order valence-electron chi connectivity index (χ3n) is 2.77. The normalized spacial score (nSPS) is 10.7. The largest absolute Gasteiger partial charge is 0.383 e. The number of hydrogen-bond donors (Lipinski definition) is 1. The van der Waals surface area contributed by atoms with Crippen LogP contribution in [-0.2, 0) is 11.3 Å². The van der Waals surface area contributed by atoms with Gasteiger partial charge in [-0.1, -0.05) is 29.5 Å². The standard InChI is InChI=1S/C15H19N3OS/c1-12-3-4-14(20-15-11-16-5-6-18-15)13(9-12)10-17-7-8-19-2/h3-6,9,11,17H,7-8,10H2,1-2H3. The molecule has 5 heteroatoms. The van der Waals surface area contributed by atoms with E-state index in [9.17, 15) is 0 Å². The Balaban J connectivity index is 2.07. The van der Waals surface area contributed by atoms with Crippen molar-refractivity contribution in [1.82, 2.24) is 15.3 Å². The highest BCUT2D eigenvalue weighted by atomic mass is 32.2. The van der Waals surface area contributed by atoms with Crippen LogP contribution in [0.3, 0.4) is 0 Å². The molecule has 0 saturated carbocycles. The first-order valence-electron chi connectivity index (χ1n) is 6.52. The Bertz CT molecular complexity index is 534. The Morgan fingerprint density at radius 2 is 2.20 bits per heavy atom. The predicted octanol–water partition coefficient (Wildman–Crippen LogP) is 2.67. The number of benzene rings is 1. The first-order valence-corrected chi connectivity index (χ1v) is 7.34. The fraction of sp³-hybridized carbons (Fsp3) is 0.333. The number of nitrogens with one attached hydrogen (secondary N) is 1. The van der Waals surface area contributed by atoms with Crippen LogP contribution in [0.25, 0.3) is 0 Å². The zero-order valence-corrected chi connectivity index (χ0v) is 12.6. The van der Waals surface area contributed by atoms with Crippen molar-refractivity contribution in [2.24, 2.45) is 0 Å². The van der Waals surface area contributed by atoms with E-state index in [-0.39, 0.29) is 0 Å². The van der Waals surface area contributed by atoms with Gasteiger partial charge in [0.25, 0.3) is 0 Å². The lowest BCUT2D eigenvalue weighted by Gasteiger charge is -2.11. The Labute approximate surface area is 124 Å². The van der Waals surface area contributed by atoms with Gasteiger partial charge in [0.2, 0.25) is 0 Å². The molecular formula is C15H19N3OS. The molecule has 1 heterocycles. The van der Waals surface area contributed by atoms with E-state index in [2.05, 4.69) is 40.4 Å². The maximum absolute atomic E-state index is 5.04. The van der Waals surface area contributed by atoms with Gasteiger partial charge in [0.15, 0.2) is 0 Å². The highest BCUT2D eigenvalue weighted by Crippen LogP contribution is 2.29. The molecule has 2 aromatic rings. The summed E-state index contributed by atoms with van der Waals surface area (Å²) >= 11 is 1.64. The van der Waals surface area contributed by atoms with Crippen LogP contribution in [-0.4, -0.2) is 30.2 Å². The minimum atomic E-state index is 0.721. The summed E-state index contributed by atoms with van der Waals surface area (Å²) in [6.07, 6.45) is 5.19. The molecule has 0 aliphatic carbocycles. The summed E-state index contributed by atoms with van der Waals surface area (Å²) in [5, 5.41) is 4.29. The molecule has 0 bridgehead atoms. The third-order valence-corrected chi connectivity index (χ3v) is 3.81. The average Bonchev–Trinajstić information content (AvgIpc) is 2.47.